The second-order valence-corrected chi connectivity index (χ2v) is 10.4. The van der Waals surface area contributed by atoms with Gasteiger partial charge in [-0.05, 0) is 54.7 Å². The normalized spacial score (nSPS) is 15.9. The van der Waals surface area contributed by atoms with Gasteiger partial charge in [-0.15, -0.1) is 0 Å². The van der Waals surface area contributed by atoms with Crippen molar-refractivity contribution >= 4 is 21.0 Å². The zero-order chi connectivity index (χ0) is 23.8. The number of nitrogens with zero attached hydrogens (tertiary/aromatic N) is 1. The number of sulfonamides is 1. The molecule has 4 rings (SSSR count). The average Bonchev–Trinajstić information content (AvgIpc) is 2.78. The maximum atomic E-state index is 13.4. The second kappa shape index (κ2) is 8.95. The summed E-state index contributed by atoms with van der Waals surface area (Å²) in [7, 11) is -2.00. The van der Waals surface area contributed by atoms with Gasteiger partial charge < -0.3 is 4.42 Å². The lowest BCUT2D eigenvalue weighted by Crippen LogP contribution is -2.38. The van der Waals surface area contributed by atoms with Crippen LogP contribution in [0.2, 0.25) is 0 Å². The van der Waals surface area contributed by atoms with E-state index in [-0.39, 0.29) is 21.9 Å². The van der Waals surface area contributed by atoms with Crippen molar-refractivity contribution in [2.45, 2.75) is 55.6 Å². The standard InChI is InChI=1S/C24H24F3NO4S/c1-28(18-5-3-2-4-6-18)33(30,31)19-10-7-16(8-11-19)13-17-9-12-22-20(14-17)21(24(25,26)27)15-23(29)32-22/h7-12,14-15,18H,2-6,13H2,1H3. The number of hydrogen-bond acceptors (Lipinski definition) is 4. The molecule has 0 bridgehead atoms. The third-order valence-electron chi connectivity index (χ3n) is 6.21. The zero-order valence-electron chi connectivity index (χ0n) is 18.1. The van der Waals surface area contributed by atoms with Crippen LogP contribution in [0.15, 0.2) is 62.6 Å². The predicted octanol–water partition coefficient (Wildman–Crippen LogP) is 5.36. The summed E-state index contributed by atoms with van der Waals surface area (Å²) in [5, 5.41) is -0.187. The van der Waals surface area contributed by atoms with E-state index in [1.165, 1.54) is 28.6 Å². The Balaban J connectivity index is 1.58. The summed E-state index contributed by atoms with van der Waals surface area (Å²) in [5.74, 6) is 0. The maximum absolute atomic E-state index is 13.4. The summed E-state index contributed by atoms with van der Waals surface area (Å²) >= 11 is 0. The molecule has 0 amide bonds. The van der Waals surface area contributed by atoms with Crippen LogP contribution in [0.25, 0.3) is 11.0 Å². The largest absolute Gasteiger partial charge is 0.423 e. The summed E-state index contributed by atoms with van der Waals surface area (Å²) in [6.45, 7) is 0. The fraction of sp³-hybridized carbons (Fsp3) is 0.375. The van der Waals surface area contributed by atoms with Gasteiger partial charge in [0.15, 0.2) is 0 Å². The molecule has 1 heterocycles. The van der Waals surface area contributed by atoms with Gasteiger partial charge in [-0.2, -0.15) is 17.5 Å². The number of fused-ring (bicyclic) bond motifs is 1. The highest BCUT2D eigenvalue weighted by Gasteiger charge is 2.34. The molecule has 1 aliphatic rings. The van der Waals surface area contributed by atoms with Crippen molar-refractivity contribution in [1.29, 1.82) is 0 Å². The van der Waals surface area contributed by atoms with Crippen LogP contribution in [-0.4, -0.2) is 25.8 Å². The van der Waals surface area contributed by atoms with E-state index < -0.39 is 27.4 Å². The van der Waals surface area contributed by atoms with Crippen molar-refractivity contribution in [3.63, 3.8) is 0 Å². The number of alkyl halides is 3. The van der Waals surface area contributed by atoms with Crippen LogP contribution < -0.4 is 5.63 Å². The smallest absolute Gasteiger partial charge is 0.417 e. The number of rotatable bonds is 5. The van der Waals surface area contributed by atoms with Crippen LogP contribution in [0.3, 0.4) is 0 Å². The minimum absolute atomic E-state index is 0.00362. The zero-order valence-corrected chi connectivity index (χ0v) is 18.9. The highest BCUT2D eigenvalue weighted by molar-refractivity contribution is 7.89. The van der Waals surface area contributed by atoms with Gasteiger partial charge in [0, 0.05) is 24.5 Å². The fourth-order valence-corrected chi connectivity index (χ4v) is 5.79. The summed E-state index contributed by atoms with van der Waals surface area (Å²) in [5.41, 5.74) is -0.900. The van der Waals surface area contributed by atoms with E-state index in [0.29, 0.717) is 18.1 Å². The quantitative estimate of drug-likeness (QED) is 0.463. The van der Waals surface area contributed by atoms with E-state index in [9.17, 15) is 26.4 Å². The lowest BCUT2D eigenvalue weighted by molar-refractivity contribution is -0.136. The third-order valence-corrected chi connectivity index (χ3v) is 8.13. The van der Waals surface area contributed by atoms with Gasteiger partial charge in [0.2, 0.25) is 10.0 Å². The molecule has 5 nitrogen and oxygen atoms in total. The number of benzene rings is 2. The lowest BCUT2D eigenvalue weighted by atomic mass is 9.96. The first-order valence-corrected chi connectivity index (χ1v) is 12.2. The molecular weight excluding hydrogens is 455 g/mol. The van der Waals surface area contributed by atoms with Crippen molar-refractivity contribution in [1.82, 2.24) is 4.31 Å². The van der Waals surface area contributed by atoms with Crippen molar-refractivity contribution in [3.05, 3.63) is 75.6 Å². The van der Waals surface area contributed by atoms with E-state index in [1.54, 1.807) is 25.2 Å². The molecule has 0 N–H and O–H groups in total. The molecule has 33 heavy (non-hydrogen) atoms. The number of halogens is 3. The van der Waals surface area contributed by atoms with E-state index in [1.807, 2.05) is 0 Å². The Morgan fingerprint density at radius 2 is 1.61 bits per heavy atom. The summed E-state index contributed by atoms with van der Waals surface area (Å²) in [4.78, 5) is 11.7. The van der Waals surface area contributed by atoms with Crippen molar-refractivity contribution < 1.29 is 26.0 Å². The van der Waals surface area contributed by atoms with Crippen molar-refractivity contribution in [2.24, 2.45) is 0 Å². The maximum Gasteiger partial charge on any atom is 0.417 e. The minimum Gasteiger partial charge on any atom is -0.423 e. The Kier molecular flexibility index (Phi) is 6.37. The van der Waals surface area contributed by atoms with E-state index in [2.05, 4.69) is 0 Å². The van der Waals surface area contributed by atoms with Crippen molar-refractivity contribution in [3.8, 4) is 0 Å². The monoisotopic (exact) mass is 479 g/mol. The minimum atomic E-state index is -4.69. The molecule has 0 spiro atoms. The molecule has 1 saturated carbocycles. The highest BCUT2D eigenvalue weighted by atomic mass is 32.2. The van der Waals surface area contributed by atoms with Crippen LogP contribution >= 0.6 is 0 Å². The Bertz CT molecular complexity index is 1310. The summed E-state index contributed by atoms with van der Waals surface area (Å²) in [6.07, 6.45) is 0.498. The van der Waals surface area contributed by atoms with Gasteiger partial charge >= 0.3 is 11.8 Å². The first-order chi connectivity index (χ1) is 15.6. The van der Waals surface area contributed by atoms with Gasteiger partial charge in [0.25, 0.3) is 0 Å². The Hall–Kier alpha value is -2.65. The Morgan fingerprint density at radius 3 is 2.24 bits per heavy atom. The Labute approximate surface area is 189 Å². The highest BCUT2D eigenvalue weighted by Crippen LogP contribution is 2.34. The van der Waals surface area contributed by atoms with Crippen LogP contribution in [-0.2, 0) is 22.6 Å². The SMILES string of the molecule is CN(C1CCCCC1)S(=O)(=O)c1ccc(Cc2ccc3oc(=O)cc(C(F)(F)F)c3c2)cc1. The molecule has 9 heteroatoms. The molecule has 1 aliphatic carbocycles. The molecule has 1 aromatic heterocycles. The lowest BCUT2D eigenvalue weighted by Gasteiger charge is -2.30. The molecule has 0 aliphatic heterocycles. The van der Waals surface area contributed by atoms with Crippen LogP contribution in [0, 0.1) is 0 Å². The second-order valence-electron chi connectivity index (χ2n) is 8.44. The average molecular weight is 480 g/mol. The topological polar surface area (TPSA) is 67.6 Å². The predicted molar refractivity (Wildman–Crippen MR) is 119 cm³/mol. The molecule has 2 aromatic carbocycles. The molecule has 3 aromatic rings. The molecular formula is C24H24F3NO4S. The van der Waals surface area contributed by atoms with Crippen molar-refractivity contribution in [2.75, 3.05) is 7.05 Å². The first kappa shape index (κ1) is 23.5. The molecule has 0 saturated heterocycles. The van der Waals surface area contributed by atoms with E-state index in [0.717, 1.165) is 37.7 Å². The van der Waals surface area contributed by atoms with E-state index in [4.69, 9.17) is 4.42 Å². The fourth-order valence-electron chi connectivity index (χ4n) is 4.38. The molecule has 0 radical (unpaired) electrons. The van der Waals surface area contributed by atoms with Gasteiger partial charge in [-0.1, -0.05) is 37.5 Å². The van der Waals surface area contributed by atoms with Gasteiger partial charge in [0.05, 0.1) is 10.5 Å². The molecule has 0 unspecified atom stereocenters. The van der Waals surface area contributed by atoms with Gasteiger partial charge in [0.1, 0.15) is 5.58 Å². The number of hydrogen-bond donors (Lipinski definition) is 0. The summed E-state index contributed by atoms with van der Waals surface area (Å²) < 4.78 is 72.4. The first-order valence-electron chi connectivity index (χ1n) is 10.8. The van der Waals surface area contributed by atoms with Crippen LogP contribution in [0.4, 0.5) is 13.2 Å². The molecule has 1 fully saturated rings. The Morgan fingerprint density at radius 1 is 0.970 bits per heavy atom. The van der Waals surface area contributed by atoms with Crippen LogP contribution in [0.1, 0.15) is 48.8 Å². The van der Waals surface area contributed by atoms with Gasteiger partial charge in [-0.3, -0.25) is 0 Å². The summed E-state index contributed by atoms with van der Waals surface area (Å²) in [6, 6.07) is 11.1. The molecule has 176 valence electrons. The van der Waals surface area contributed by atoms with Crippen LogP contribution in [0.5, 0.6) is 0 Å². The van der Waals surface area contributed by atoms with E-state index >= 15 is 0 Å². The van der Waals surface area contributed by atoms with Gasteiger partial charge in [-0.25, -0.2) is 13.2 Å². The third kappa shape index (κ3) is 4.99. The molecule has 0 atom stereocenters.